The van der Waals surface area contributed by atoms with Crippen molar-refractivity contribution in [2.24, 2.45) is 5.92 Å². The third-order valence-corrected chi connectivity index (χ3v) is 8.25. The summed E-state index contributed by atoms with van der Waals surface area (Å²) in [4.78, 5) is 14.9. The third-order valence-electron chi connectivity index (χ3n) is 6.11. The molecule has 0 radical (unpaired) electrons. The van der Waals surface area contributed by atoms with Crippen LogP contribution in [0.2, 0.25) is 0 Å². The van der Waals surface area contributed by atoms with E-state index < -0.39 is 10.0 Å². The fourth-order valence-electron chi connectivity index (χ4n) is 4.20. The van der Waals surface area contributed by atoms with E-state index in [1.54, 1.807) is 13.8 Å². The number of aryl methyl sites for hydroxylation is 3. The average molecular weight is 447 g/mol. The number of amides is 1. The van der Waals surface area contributed by atoms with Crippen molar-refractivity contribution in [1.29, 1.82) is 0 Å². The van der Waals surface area contributed by atoms with Gasteiger partial charge in [0.1, 0.15) is 10.6 Å². The van der Waals surface area contributed by atoms with Crippen molar-refractivity contribution >= 4 is 15.9 Å². The zero-order valence-corrected chi connectivity index (χ0v) is 19.1. The second-order valence-corrected chi connectivity index (χ2v) is 10.5. The smallest absolute Gasteiger partial charge is 0.248 e. The van der Waals surface area contributed by atoms with Gasteiger partial charge < -0.3 is 9.84 Å². The number of nitrogens with zero attached hydrogens (tertiary/aromatic N) is 3. The predicted molar refractivity (Wildman–Crippen MR) is 116 cm³/mol. The number of hydrogen-bond acceptors (Lipinski definition) is 6. The number of aromatic nitrogens is 1. The van der Waals surface area contributed by atoms with Crippen LogP contribution in [-0.4, -0.2) is 61.4 Å². The summed E-state index contributed by atoms with van der Waals surface area (Å²) < 4.78 is 32.4. The second-order valence-electron chi connectivity index (χ2n) is 8.63. The van der Waals surface area contributed by atoms with Crippen molar-refractivity contribution in [3.63, 3.8) is 0 Å². The van der Waals surface area contributed by atoms with E-state index in [2.05, 4.69) is 41.7 Å². The lowest BCUT2D eigenvalue weighted by atomic mass is 10.0. The van der Waals surface area contributed by atoms with Crippen LogP contribution >= 0.6 is 0 Å². The largest absolute Gasteiger partial charge is 0.360 e. The Morgan fingerprint density at radius 3 is 2.32 bits per heavy atom. The fraction of sp³-hybridized carbons (Fsp3) is 0.545. The molecule has 1 aromatic heterocycles. The van der Waals surface area contributed by atoms with E-state index in [-0.39, 0.29) is 23.4 Å². The van der Waals surface area contributed by atoms with Crippen molar-refractivity contribution in [3.05, 3.63) is 46.8 Å². The summed E-state index contributed by atoms with van der Waals surface area (Å²) in [5.74, 6) is 0.796. The molecule has 2 aromatic rings. The highest BCUT2D eigenvalue weighted by atomic mass is 32.2. The normalized spacial score (nSPS) is 19.3. The third kappa shape index (κ3) is 4.83. The Labute approximate surface area is 183 Å². The van der Waals surface area contributed by atoms with Gasteiger partial charge in [-0.2, -0.15) is 4.31 Å². The maximum atomic E-state index is 13.0. The van der Waals surface area contributed by atoms with Crippen LogP contribution in [0.15, 0.2) is 33.7 Å². The highest BCUT2D eigenvalue weighted by Gasteiger charge is 2.35. The number of hydrogen-bond donors (Lipinski definition) is 1. The van der Waals surface area contributed by atoms with Gasteiger partial charge in [-0.25, -0.2) is 8.42 Å². The molecular weight excluding hydrogens is 416 g/mol. The van der Waals surface area contributed by atoms with E-state index >= 15 is 0 Å². The van der Waals surface area contributed by atoms with Crippen molar-refractivity contribution in [2.45, 2.75) is 44.6 Å². The van der Waals surface area contributed by atoms with Crippen LogP contribution in [-0.2, 0) is 14.8 Å². The van der Waals surface area contributed by atoms with Gasteiger partial charge in [0.15, 0.2) is 5.76 Å². The Morgan fingerprint density at radius 2 is 1.77 bits per heavy atom. The van der Waals surface area contributed by atoms with Crippen LogP contribution in [0.1, 0.15) is 41.5 Å². The van der Waals surface area contributed by atoms with Crippen LogP contribution in [0.3, 0.4) is 0 Å². The van der Waals surface area contributed by atoms with Gasteiger partial charge in [-0.3, -0.25) is 9.69 Å². The zero-order valence-electron chi connectivity index (χ0n) is 18.3. The highest BCUT2D eigenvalue weighted by Crippen LogP contribution is 2.41. The molecule has 2 heterocycles. The topological polar surface area (TPSA) is 95.8 Å². The van der Waals surface area contributed by atoms with E-state index in [0.717, 1.165) is 18.4 Å². The lowest BCUT2D eigenvalue weighted by molar-refractivity contribution is -0.123. The summed E-state index contributed by atoms with van der Waals surface area (Å²) in [5.41, 5.74) is 2.73. The molecule has 0 spiro atoms. The molecule has 1 aromatic carbocycles. The molecule has 1 saturated heterocycles. The molecule has 1 atom stereocenters. The summed E-state index contributed by atoms with van der Waals surface area (Å²) in [6, 6.07) is 8.40. The van der Waals surface area contributed by atoms with Crippen molar-refractivity contribution in [1.82, 2.24) is 19.7 Å². The van der Waals surface area contributed by atoms with Gasteiger partial charge in [0.25, 0.3) is 0 Å². The molecular formula is C22H30N4O4S. The van der Waals surface area contributed by atoms with Gasteiger partial charge in [-0.1, -0.05) is 35.0 Å². The monoisotopic (exact) mass is 446 g/mol. The minimum absolute atomic E-state index is 0.0143. The van der Waals surface area contributed by atoms with Crippen molar-refractivity contribution < 1.29 is 17.7 Å². The SMILES string of the molecule is Cc1ccc(C(NC(=O)CN2CCN(S(=O)(=O)c3c(C)noc3C)CC2)C2CC2)cc1. The molecule has 4 rings (SSSR count). The van der Waals surface area contributed by atoms with E-state index in [9.17, 15) is 13.2 Å². The van der Waals surface area contributed by atoms with Crippen molar-refractivity contribution in [2.75, 3.05) is 32.7 Å². The lowest BCUT2D eigenvalue weighted by Crippen LogP contribution is -2.51. The number of nitrogens with one attached hydrogen (secondary N) is 1. The van der Waals surface area contributed by atoms with Gasteiger partial charge >= 0.3 is 0 Å². The average Bonchev–Trinajstić information content (AvgIpc) is 3.51. The summed E-state index contributed by atoms with van der Waals surface area (Å²) in [6.45, 7) is 7.26. The standard InChI is InChI=1S/C22H30N4O4S/c1-15-4-6-18(7-5-15)21(19-8-9-19)23-20(27)14-25-10-12-26(13-11-25)31(28,29)22-16(2)24-30-17(22)3/h4-7,19,21H,8-14H2,1-3H3,(H,23,27). The number of sulfonamides is 1. The molecule has 1 aliphatic carbocycles. The minimum Gasteiger partial charge on any atom is -0.360 e. The van der Waals surface area contributed by atoms with E-state index in [0.29, 0.717) is 43.6 Å². The van der Waals surface area contributed by atoms with Crippen LogP contribution in [0, 0.1) is 26.7 Å². The number of carbonyl (C=O) groups excluding carboxylic acids is 1. The first-order valence-corrected chi connectivity index (χ1v) is 12.2. The molecule has 1 saturated carbocycles. The molecule has 8 nitrogen and oxygen atoms in total. The molecule has 1 unspecified atom stereocenters. The first-order chi connectivity index (χ1) is 14.8. The maximum absolute atomic E-state index is 13.0. The summed E-state index contributed by atoms with van der Waals surface area (Å²) in [5, 5.41) is 6.97. The molecule has 1 aliphatic heterocycles. The van der Waals surface area contributed by atoms with E-state index in [4.69, 9.17) is 4.52 Å². The van der Waals surface area contributed by atoms with Gasteiger partial charge in [0.2, 0.25) is 15.9 Å². The van der Waals surface area contributed by atoms with E-state index in [1.165, 1.54) is 9.87 Å². The molecule has 2 fully saturated rings. The van der Waals surface area contributed by atoms with Crippen LogP contribution in [0.5, 0.6) is 0 Å². The number of carbonyl (C=O) groups is 1. The first-order valence-electron chi connectivity index (χ1n) is 10.8. The second kappa shape index (κ2) is 8.72. The van der Waals surface area contributed by atoms with Crippen LogP contribution in [0.25, 0.3) is 0 Å². The highest BCUT2D eigenvalue weighted by molar-refractivity contribution is 7.89. The minimum atomic E-state index is -3.64. The van der Waals surface area contributed by atoms with Crippen LogP contribution < -0.4 is 5.32 Å². The summed E-state index contributed by atoms with van der Waals surface area (Å²) in [7, 11) is -3.64. The van der Waals surface area contributed by atoms with Crippen molar-refractivity contribution in [3.8, 4) is 0 Å². The molecule has 1 N–H and O–H groups in total. The lowest BCUT2D eigenvalue weighted by Gasteiger charge is -2.33. The maximum Gasteiger partial charge on any atom is 0.248 e. The van der Waals surface area contributed by atoms with Gasteiger partial charge in [0, 0.05) is 26.2 Å². The zero-order chi connectivity index (χ0) is 22.2. The molecule has 9 heteroatoms. The number of rotatable bonds is 7. The molecule has 0 bridgehead atoms. The van der Waals surface area contributed by atoms with E-state index in [1.807, 2.05) is 4.90 Å². The van der Waals surface area contributed by atoms with Crippen LogP contribution in [0.4, 0.5) is 0 Å². The Kier molecular flexibility index (Phi) is 6.18. The quantitative estimate of drug-likeness (QED) is 0.700. The first kappa shape index (κ1) is 22.0. The Hall–Kier alpha value is -2.23. The molecule has 1 amide bonds. The molecule has 2 aliphatic rings. The Bertz CT molecular complexity index is 1020. The summed E-state index contributed by atoms with van der Waals surface area (Å²) in [6.07, 6.45) is 2.27. The molecule has 31 heavy (non-hydrogen) atoms. The van der Waals surface area contributed by atoms with Gasteiger partial charge in [0.05, 0.1) is 12.6 Å². The van der Waals surface area contributed by atoms with Gasteiger partial charge in [-0.05, 0) is 45.1 Å². The predicted octanol–water partition coefficient (Wildman–Crippen LogP) is 2.17. The number of benzene rings is 1. The number of piperazine rings is 1. The molecule has 168 valence electrons. The fourth-order valence-corrected chi connectivity index (χ4v) is 5.91. The van der Waals surface area contributed by atoms with Gasteiger partial charge in [-0.15, -0.1) is 0 Å². The Morgan fingerprint density at radius 1 is 1.13 bits per heavy atom. The summed E-state index contributed by atoms with van der Waals surface area (Å²) >= 11 is 0. The Balaban J connectivity index is 1.33.